The van der Waals surface area contributed by atoms with E-state index in [4.69, 9.17) is 5.73 Å². The number of amides is 1. The zero-order valence-corrected chi connectivity index (χ0v) is 5.59. The van der Waals surface area contributed by atoms with Crippen molar-refractivity contribution in [2.45, 2.75) is 6.92 Å². The lowest BCUT2D eigenvalue weighted by Crippen LogP contribution is -2.14. The highest BCUT2D eigenvalue weighted by Gasteiger charge is 1.95. The van der Waals surface area contributed by atoms with Gasteiger partial charge in [-0.2, -0.15) is 0 Å². The molecule has 0 atom stereocenters. The molecule has 9 heavy (non-hydrogen) atoms. The van der Waals surface area contributed by atoms with Gasteiger partial charge in [-0.3, -0.25) is 9.79 Å². The molecule has 0 saturated carbocycles. The lowest BCUT2D eigenvalue weighted by Gasteiger charge is -1.88. The molecule has 0 aliphatic carbocycles. The van der Waals surface area contributed by atoms with Crippen LogP contribution in [-0.4, -0.2) is 19.2 Å². The minimum atomic E-state index is -0.442. The number of primary amides is 1. The van der Waals surface area contributed by atoms with Gasteiger partial charge in [-0.05, 0) is 6.92 Å². The quantitative estimate of drug-likeness (QED) is 0.414. The van der Waals surface area contributed by atoms with Gasteiger partial charge in [0.25, 0.3) is 0 Å². The molecule has 0 aliphatic heterocycles. The van der Waals surface area contributed by atoms with Gasteiger partial charge in [0.1, 0.15) is 0 Å². The molecule has 0 aliphatic rings. The smallest absolute Gasteiger partial charge is 0.249 e. The highest BCUT2D eigenvalue weighted by atomic mass is 16.1. The number of carbonyl (C=O) groups is 1. The Kier molecular flexibility index (Phi) is 3.35. The summed E-state index contributed by atoms with van der Waals surface area (Å²) in [5.41, 5.74) is 5.38. The standard InChI is InChI=1S/C6H10N2O/c1-3-5(4-8-2)6(7)9/h3-4H,1-2H3,(H2,7,9)/b5-3+,8-4?. The lowest BCUT2D eigenvalue weighted by atomic mass is 10.3. The first-order chi connectivity index (χ1) is 4.22. The average molecular weight is 126 g/mol. The second-order valence-electron chi connectivity index (χ2n) is 1.50. The van der Waals surface area contributed by atoms with Crippen molar-refractivity contribution in [3.05, 3.63) is 11.6 Å². The normalized spacial score (nSPS) is 12.4. The van der Waals surface area contributed by atoms with Crippen molar-refractivity contribution in [2.24, 2.45) is 10.7 Å². The molecule has 0 aromatic carbocycles. The fourth-order valence-corrected chi connectivity index (χ4v) is 0.419. The molecule has 0 bridgehead atoms. The molecule has 0 heterocycles. The van der Waals surface area contributed by atoms with Crippen LogP contribution in [0, 0.1) is 0 Å². The molecule has 0 aromatic rings. The monoisotopic (exact) mass is 126 g/mol. The second-order valence-corrected chi connectivity index (χ2v) is 1.50. The first kappa shape index (κ1) is 7.88. The fourth-order valence-electron chi connectivity index (χ4n) is 0.419. The summed E-state index contributed by atoms with van der Waals surface area (Å²) in [5, 5.41) is 0. The van der Waals surface area contributed by atoms with E-state index < -0.39 is 5.91 Å². The minimum Gasteiger partial charge on any atom is -0.366 e. The number of hydrogen-bond acceptors (Lipinski definition) is 2. The Balaban J connectivity index is 4.19. The molecule has 0 unspecified atom stereocenters. The van der Waals surface area contributed by atoms with Crippen molar-refractivity contribution in [1.29, 1.82) is 0 Å². The second kappa shape index (κ2) is 3.83. The maximum Gasteiger partial charge on any atom is 0.249 e. The average Bonchev–Trinajstić information content (AvgIpc) is 1.82. The maximum absolute atomic E-state index is 10.4. The van der Waals surface area contributed by atoms with E-state index in [9.17, 15) is 4.79 Å². The summed E-state index contributed by atoms with van der Waals surface area (Å²) in [6, 6.07) is 0. The van der Waals surface area contributed by atoms with Gasteiger partial charge in [-0.1, -0.05) is 6.08 Å². The Morgan fingerprint density at radius 3 is 2.33 bits per heavy atom. The predicted octanol–water partition coefficient (Wildman–Crippen LogP) is 0.119. The van der Waals surface area contributed by atoms with Crippen molar-refractivity contribution < 1.29 is 4.79 Å². The van der Waals surface area contributed by atoms with Crippen molar-refractivity contribution in [3.63, 3.8) is 0 Å². The van der Waals surface area contributed by atoms with E-state index in [-0.39, 0.29) is 0 Å². The maximum atomic E-state index is 10.4. The van der Waals surface area contributed by atoms with Crippen LogP contribution in [-0.2, 0) is 4.79 Å². The van der Waals surface area contributed by atoms with E-state index in [2.05, 4.69) is 4.99 Å². The number of rotatable bonds is 2. The topological polar surface area (TPSA) is 55.4 Å². The van der Waals surface area contributed by atoms with Crippen LogP contribution in [0.25, 0.3) is 0 Å². The molecule has 1 amide bonds. The Morgan fingerprint density at radius 1 is 1.67 bits per heavy atom. The van der Waals surface area contributed by atoms with E-state index in [0.717, 1.165) is 0 Å². The van der Waals surface area contributed by atoms with E-state index in [1.54, 1.807) is 20.0 Å². The molecule has 3 heteroatoms. The van der Waals surface area contributed by atoms with Crippen molar-refractivity contribution in [1.82, 2.24) is 0 Å². The summed E-state index contributed by atoms with van der Waals surface area (Å²) in [7, 11) is 1.59. The van der Waals surface area contributed by atoms with Crippen LogP contribution in [0.4, 0.5) is 0 Å². The van der Waals surface area contributed by atoms with Gasteiger partial charge < -0.3 is 5.73 Å². The molecule has 0 spiro atoms. The van der Waals surface area contributed by atoms with Crippen LogP contribution in [0.5, 0.6) is 0 Å². The zero-order valence-electron chi connectivity index (χ0n) is 5.59. The Hall–Kier alpha value is -1.12. The summed E-state index contributed by atoms with van der Waals surface area (Å²) in [5.74, 6) is -0.442. The molecule has 50 valence electrons. The highest BCUT2D eigenvalue weighted by Crippen LogP contribution is 1.85. The number of aliphatic imine (C=N–C) groups is 1. The molecule has 2 N–H and O–H groups in total. The first-order valence-electron chi connectivity index (χ1n) is 2.60. The summed E-state index contributed by atoms with van der Waals surface area (Å²) in [6.07, 6.45) is 3.05. The van der Waals surface area contributed by atoms with Crippen LogP contribution < -0.4 is 5.73 Å². The Labute approximate surface area is 54.3 Å². The lowest BCUT2D eigenvalue weighted by molar-refractivity contribution is -0.114. The Morgan fingerprint density at radius 2 is 2.22 bits per heavy atom. The number of nitrogens with zero attached hydrogens (tertiary/aromatic N) is 1. The number of nitrogens with two attached hydrogens (primary N) is 1. The number of hydrogen-bond donors (Lipinski definition) is 1. The van der Waals surface area contributed by atoms with E-state index >= 15 is 0 Å². The van der Waals surface area contributed by atoms with Crippen LogP contribution in [0.1, 0.15) is 6.92 Å². The summed E-state index contributed by atoms with van der Waals surface area (Å²) < 4.78 is 0. The molecule has 0 rings (SSSR count). The predicted molar refractivity (Wildman–Crippen MR) is 37.4 cm³/mol. The molecule has 0 aromatic heterocycles. The van der Waals surface area contributed by atoms with Crippen LogP contribution >= 0.6 is 0 Å². The Bertz CT molecular complexity index is 158. The minimum absolute atomic E-state index is 0.442. The van der Waals surface area contributed by atoms with Crippen LogP contribution in [0.2, 0.25) is 0 Å². The molecular formula is C6H10N2O. The van der Waals surface area contributed by atoms with E-state index in [1.807, 2.05) is 0 Å². The fraction of sp³-hybridized carbons (Fsp3) is 0.333. The van der Waals surface area contributed by atoms with Gasteiger partial charge in [0.2, 0.25) is 5.91 Å². The summed E-state index contributed by atoms with van der Waals surface area (Å²) >= 11 is 0. The van der Waals surface area contributed by atoms with Gasteiger partial charge in [0, 0.05) is 13.3 Å². The SMILES string of the molecule is C/C=C(\C=NC)C(N)=O. The van der Waals surface area contributed by atoms with Crippen molar-refractivity contribution >= 4 is 12.1 Å². The third-order valence-electron chi connectivity index (χ3n) is 0.864. The van der Waals surface area contributed by atoms with E-state index in [0.29, 0.717) is 5.57 Å². The molecule has 0 saturated heterocycles. The van der Waals surface area contributed by atoms with Crippen molar-refractivity contribution in [3.8, 4) is 0 Å². The van der Waals surface area contributed by atoms with Crippen LogP contribution in [0.3, 0.4) is 0 Å². The molecule has 3 nitrogen and oxygen atoms in total. The van der Waals surface area contributed by atoms with Gasteiger partial charge >= 0.3 is 0 Å². The highest BCUT2D eigenvalue weighted by molar-refractivity contribution is 6.11. The van der Waals surface area contributed by atoms with Gasteiger partial charge in [-0.25, -0.2) is 0 Å². The number of allylic oxidation sites excluding steroid dienone is 1. The van der Waals surface area contributed by atoms with Gasteiger partial charge in [-0.15, -0.1) is 0 Å². The van der Waals surface area contributed by atoms with Gasteiger partial charge in [0.15, 0.2) is 0 Å². The largest absolute Gasteiger partial charge is 0.366 e. The van der Waals surface area contributed by atoms with Crippen molar-refractivity contribution in [2.75, 3.05) is 7.05 Å². The summed E-state index contributed by atoms with van der Waals surface area (Å²) in [6.45, 7) is 1.74. The first-order valence-corrected chi connectivity index (χ1v) is 2.60. The third kappa shape index (κ3) is 2.64. The molecule has 0 fully saturated rings. The number of carbonyl (C=O) groups excluding carboxylic acids is 1. The van der Waals surface area contributed by atoms with Gasteiger partial charge in [0.05, 0.1) is 5.57 Å². The summed E-state index contributed by atoms with van der Waals surface area (Å²) in [4.78, 5) is 14.0. The third-order valence-corrected chi connectivity index (χ3v) is 0.864. The zero-order chi connectivity index (χ0) is 7.28. The molecule has 0 radical (unpaired) electrons. The van der Waals surface area contributed by atoms with E-state index in [1.165, 1.54) is 6.21 Å². The molecular weight excluding hydrogens is 116 g/mol. The van der Waals surface area contributed by atoms with Crippen LogP contribution in [0.15, 0.2) is 16.6 Å².